The number of carboxylic acids is 1. The Morgan fingerprint density at radius 2 is 1.60 bits per heavy atom. The van der Waals surface area contributed by atoms with Crippen molar-refractivity contribution >= 4 is 5.97 Å². The lowest BCUT2D eigenvalue weighted by Crippen LogP contribution is -2.48. The molecule has 0 aromatic rings. The normalized spacial score (nSPS) is 23.0. The lowest BCUT2D eigenvalue weighted by Gasteiger charge is -2.37. The van der Waals surface area contributed by atoms with E-state index < -0.39 is 5.97 Å². The van der Waals surface area contributed by atoms with Gasteiger partial charge < -0.3 is 14.9 Å². The Morgan fingerprint density at radius 1 is 0.950 bits per heavy atom. The van der Waals surface area contributed by atoms with Crippen LogP contribution in [0.3, 0.4) is 0 Å². The highest BCUT2D eigenvalue weighted by Gasteiger charge is 2.21. The Labute approximate surface area is 123 Å². The van der Waals surface area contributed by atoms with Crippen LogP contribution in [0.2, 0.25) is 0 Å². The molecule has 1 aliphatic carbocycles. The van der Waals surface area contributed by atoms with Gasteiger partial charge in [0.05, 0.1) is 0 Å². The predicted octanol–water partition coefficient (Wildman–Crippen LogP) is 2.44. The first-order chi connectivity index (χ1) is 9.74. The third-order valence-corrected chi connectivity index (χ3v) is 4.82. The van der Waals surface area contributed by atoms with Gasteiger partial charge in [0, 0.05) is 39.1 Å². The van der Waals surface area contributed by atoms with E-state index in [9.17, 15) is 4.79 Å². The molecule has 0 amide bonds. The summed E-state index contributed by atoms with van der Waals surface area (Å²) in [5.41, 5.74) is 0. The minimum Gasteiger partial charge on any atom is -0.481 e. The Morgan fingerprint density at radius 3 is 2.25 bits per heavy atom. The van der Waals surface area contributed by atoms with Crippen molar-refractivity contribution in [3.63, 3.8) is 0 Å². The van der Waals surface area contributed by atoms with E-state index in [4.69, 9.17) is 5.11 Å². The summed E-state index contributed by atoms with van der Waals surface area (Å²) in [6.07, 6.45) is 9.36. The Kier molecular flexibility index (Phi) is 6.80. The fraction of sp³-hybridized carbons (Fsp3) is 0.938. The van der Waals surface area contributed by atoms with E-state index in [1.54, 1.807) is 0 Å². The molecule has 0 bridgehead atoms. The van der Waals surface area contributed by atoms with Crippen LogP contribution in [-0.4, -0.2) is 60.1 Å². The van der Waals surface area contributed by atoms with E-state index in [-0.39, 0.29) is 0 Å². The molecule has 2 rings (SSSR count). The number of rotatable bonds is 7. The highest BCUT2D eigenvalue weighted by molar-refractivity contribution is 5.66. The molecule has 0 aromatic heterocycles. The molecule has 0 spiro atoms. The molecule has 4 heteroatoms. The molecule has 1 aliphatic heterocycles. The van der Waals surface area contributed by atoms with Crippen molar-refractivity contribution in [2.45, 2.75) is 51.4 Å². The summed E-state index contributed by atoms with van der Waals surface area (Å²) in [5, 5.41) is 8.62. The first kappa shape index (κ1) is 15.8. The maximum absolute atomic E-state index is 10.5. The maximum Gasteiger partial charge on any atom is 0.303 e. The summed E-state index contributed by atoms with van der Waals surface area (Å²) in [7, 11) is 0. The van der Waals surface area contributed by atoms with E-state index in [0.717, 1.165) is 25.3 Å². The van der Waals surface area contributed by atoms with E-state index in [0.29, 0.717) is 6.42 Å². The molecule has 0 aromatic carbocycles. The van der Waals surface area contributed by atoms with Crippen LogP contribution in [0.25, 0.3) is 0 Å². The van der Waals surface area contributed by atoms with Crippen LogP contribution in [0.15, 0.2) is 0 Å². The summed E-state index contributed by atoms with van der Waals surface area (Å²) < 4.78 is 0. The molecule has 20 heavy (non-hydrogen) atoms. The van der Waals surface area contributed by atoms with E-state index in [1.165, 1.54) is 64.8 Å². The van der Waals surface area contributed by atoms with Gasteiger partial charge in [-0.15, -0.1) is 0 Å². The number of hydrogen-bond donors (Lipinski definition) is 1. The molecule has 1 N–H and O–H groups in total. The summed E-state index contributed by atoms with van der Waals surface area (Å²) in [4.78, 5) is 15.6. The lowest BCUT2D eigenvalue weighted by atomic mass is 9.89. The van der Waals surface area contributed by atoms with Crippen molar-refractivity contribution in [2.24, 2.45) is 5.92 Å². The quantitative estimate of drug-likeness (QED) is 0.728. The van der Waals surface area contributed by atoms with Gasteiger partial charge in [-0.1, -0.05) is 19.3 Å². The minimum atomic E-state index is -0.665. The van der Waals surface area contributed by atoms with Crippen molar-refractivity contribution in [1.29, 1.82) is 0 Å². The van der Waals surface area contributed by atoms with Gasteiger partial charge in [-0.2, -0.15) is 0 Å². The number of carbonyl (C=O) groups is 1. The van der Waals surface area contributed by atoms with Crippen LogP contribution in [0.1, 0.15) is 51.4 Å². The number of nitrogens with zero attached hydrogens (tertiary/aromatic N) is 2. The molecule has 2 aliphatic rings. The van der Waals surface area contributed by atoms with Gasteiger partial charge in [-0.05, 0) is 38.1 Å². The molecule has 1 saturated heterocycles. The monoisotopic (exact) mass is 282 g/mol. The van der Waals surface area contributed by atoms with E-state index >= 15 is 0 Å². The zero-order valence-electron chi connectivity index (χ0n) is 12.7. The molecule has 0 unspecified atom stereocenters. The van der Waals surface area contributed by atoms with Crippen molar-refractivity contribution in [1.82, 2.24) is 9.80 Å². The van der Waals surface area contributed by atoms with Crippen molar-refractivity contribution < 1.29 is 9.90 Å². The molecular weight excluding hydrogens is 252 g/mol. The van der Waals surface area contributed by atoms with Crippen LogP contribution in [0.4, 0.5) is 0 Å². The first-order valence-corrected chi connectivity index (χ1v) is 8.40. The standard InChI is InChI=1S/C16H30N2O2/c19-16(20)8-4-5-9-17-10-12-18(13-11-17)14-15-6-2-1-3-7-15/h15H,1-14H2,(H,19,20). The van der Waals surface area contributed by atoms with E-state index in [2.05, 4.69) is 9.80 Å². The van der Waals surface area contributed by atoms with Gasteiger partial charge in [0.15, 0.2) is 0 Å². The topological polar surface area (TPSA) is 43.8 Å². The molecule has 1 heterocycles. The van der Waals surface area contributed by atoms with Gasteiger partial charge >= 0.3 is 5.97 Å². The first-order valence-electron chi connectivity index (χ1n) is 8.40. The number of piperazine rings is 1. The molecular formula is C16H30N2O2. The van der Waals surface area contributed by atoms with Crippen molar-refractivity contribution in [3.8, 4) is 0 Å². The number of carboxylic acid groups (broad SMARTS) is 1. The lowest BCUT2D eigenvalue weighted by molar-refractivity contribution is -0.137. The zero-order valence-corrected chi connectivity index (χ0v) is 12.7. The van der Waals surface area contributed by atoms with Gasteiger partial charge in [0.1, 0.15) is 0 Å². The fourth-order valence-electron chi connectivity index (χ4n) is 3.54. The SMILES string of the molecule is O=C(O)CCCCN1CCN(CC2CCCCC2)CC1. The highest BCUT2D eigenvalue weighted by Crippen LogP contribution is 2.24. The second-order valence-electron chi connectivity index (χ2n) is 6.50. The van der Waals surface area contributed by atoms with Crippen molar-refractivity contribution in [2.75, 3.05) is 39.3 Å². The van der Waals surface area contributed by atoms with Crippen molar-refractivity contribution in [3.05, 3.63) is 0 Å². The zero-order chi connectivity index (χ0) is 14.2. The molecule has 4 nitrogen and oxygen atoms in total. The molecule has 0 radical (unpaired) electrons. The fourth-order valence-corrected chi connectivity index (χ4v) is 3.54. The molecule has 116 valence electrons. The van der Waals surface area contributed by atoms with Gasteiger partial charge in [-0.25, -0.2) is 0 Å². The van der Waals surface area contributed by atoms with Gasteiger partial charge in [0.2, 0.25) is 0 Å². The number of unbranched alkanes of at least 4 members (excludes halogenated alkanes) is 1. The maximum atomic E-state index is 10.5. The Hall–Kier alpha value is -0.610. The molecule has 2 fully saturated rings. The highest BCUT2D eigenvalue weighted by atomic mass is 16.4. The van der Waals surface area contributed by atoms with Crippen LogP contribution in [0.5, 0.6) is 0 Å². The summed E-state index contributed by atoms with van der Waals surface area (Å²) in [6, 6.07) is 0. The smallest absolute Gasteiger partial charge is 0.303 e. The van der Waals surface area contributed by atoms with E-state index in [1.807, 2.05) is 0 Å². The van der Waals surface area contributed by atoms with Gasteiger partial charge in [0.25, 0.3) is 0 Å². The summed E-state index contributed by atoms with van der Waals surface area (Å²) >= 11 is 0. The molecule has 1 saturated carbocycles. The second kappa shape index (κ2) is 8.63. The second-order valence-corrected chi connectivity index (χ2v) is 6.50. The Balaban J connectivity index is 1.54. The largest absolute Gasteiger partial charge is 0.481 e. The third-order valence-electron chi connectivity index (χ3n) is 4.82. The Bertz CT molecular complexity index is 282. The van der Waals surface area contributed by atoms with Crippen LogP contribution >= 0.6 is 0 Å². The van der Waals surface area contributed by atoms with Crippen LogP contribution in [-0.2, 0) is 4.79 Å². The summed E-state index contributed by atoms with van der Waals surface area (Å²) in [5.74, 6) is 0.285. The third kappa shape index (κ3) is 5.80. The van der Waals surface area contributed by atoms with Crippen LogP contribution in [0, 0.1) is 5.92 Å². The number of aliphatic carboxylic acids is 1. The number of hydrogen-bond acceptors (Lipinski definition) is 3. The van der Waals surface area contributed by atoms with Gasteiger partial charge in [-0.3, -0.25) is 4.79 Å². The minimum absolute atomic E-state index is 0.321. The average Bonchev–Trinajstić information content (AvgIpc) is 2.46. The molecule has 0 atom stereocenters. The van der Waals surface area contributed by atoms with Crippen LogP contribution < -0.4 is 0 Å². The summed E-state index contributed by atoms with van der Waals surface area (Å²) in [6.45, 7) is 7.13. The average molecular weight is 282 g/mol. The predicted molar refractivity (Wildman–Crippen MR) is 80.9 cm³/mol.